The molecule has 0 rings (SSSR count). The molecule has 11 heavy (non-hydrogen) atoms. The van der Waals surface area contributed by atoms with Gasteiger partial charge in [-0.3, -0.25) is 0 Å². The number of rotatable bonds is 6. The lowest BCUT2D eigenvalue weighted by atomic mass is 10.2. The largest absolute Gasteiger partial charge is 0.464 e. The van der Waals surface area contributed by atoms with Crippen LogP contribution in [0.5, 0.6) is 0 Å². The summed E-state index contributed by atoms with van der Waals surface area (Å²) in [5, 5.41) is 9.88. The fourth-order valence-electron chi connectivity index (χ4n) is 0.757. The van der Waals surface area contributed by atoms with E-state index in [0.717, 1.165) is 25.7 Å². The Labute approximate surface area is 67.4 Å². The molecule has 0 fully saturated rings. The van der Waals surface area contributed by atoms with Gasteiger partial charge in [0.05, 0.1) is 6.61 Å². The Hall–Kier alpha value is -0.570. The minimum absolute atomic E-state index is 0.404. The molecule has 0 saturated heterocycles. The summed E-state index contributed by atoms with van der Waals surface area (Å²) in [6.45, 7) is 1.76. The van der Waals surface area contributed by atoms with Crippen LogP contribution in [0.2, 0.25) is 0 Å². The van der Waals surface area contributed by atoms with Gasteiger partial charge in [0.1, 0.15) is 0 Å². The Bertz CT molecular complexity index is 102. The SMILES string of the molecule is CCCCCCOC(=O)C[O]. The Morgan fingerprint density at radius 1 is 1.27 bits per heavy atom. The zero-order chi connectivity index (χ0) is 8.53. The van der Waals surface area contributed by atoms with Crippen LogP contribution in [0.1, 0.15) is 32.6 Å². The van der Waals surface area contributed by atoms with Crippen LogP contribution < -0.4 is 0 Å². The third-order valence-electron chi connectivity index (χ3n) is 1.38. The summed E-state index contributed by atoms with van der Waals surface area (Å²) in [6.07, 6.45) is 4.27. The van der Waals surface area contributed by atoms with Crippen LogP contribution in [-0.2, 0) is 14.6 Å². The van der Waals surface area contributed by atoms with Crippen molar-refractivity contribution in [1.29, 1.82) is 0 Å². The Balaban J connectivity index is 2.95. The van der Waals surface area contributed by atoms with Gasteiger partial charge in [-0.15, -0.1) is 0 Å². The van der Waals surface area contributed by atoms with Crippen molar-refractivity contribution in [2.45, 2.75) is 32.6 Å². The van der Waals surface area contributed by atoms with Crippen LogP contribution in [0, 0.1) is 0 Å². The van der Waals surface area contributed by atoms with E-state index in [1.165, 1.54) is 0 Å². The minimum atomic E-state index is -0.756. The third kappa shape index (κ3) is 7.33. The number of unbranched alkanes of at least 4 members (excludes halogenated alkanes) is 3. The Kier molecular flexibility index (Phi) is 7.15. The molecule has 0 aliphatic heterocycles. The van der Waals surface area contributed by atoms with Gasteiger partial charge in [-0.25, -0.2) is 9.90 Å². The molecule has 0 unspecified atom stereocenters. The van der Waals surface area contributed by atoms with E-state index in [-0.39, 0.29) is 0 Å². The second kappa shape index (κ2) is 7.54. The number of carbonyl (C=O) groups excluding carboxylic acids is 1. The fourth-order valence-corrected chi connectivity index (χ4v) is 0.757. The maximum absolute atomic E-state index is 10.3. The summed E-state index contributed by atoms with van der Waals surface area (Å²) < 4.78 is 4.59. The first kappa shape index (κ1) is 10.4. The average molecular weight is 159 g/mol. The molecule has 65 valence electrons. The maximum atomic E-state index is 10.3. The molecule has 0 N–H and O–H groups in total. The molecule has 0 amide bonds. The molecule has 3 nitrogen and oxygen atoms in total. The van der Waals surface area contributed by atoms with Crippen molar-refractivity contribution in [1.82, 2.24) is 0 Å². The quantitative estimate of drug-likeness (QED) is 0.436. The number of esters is 1. The molecule has 0 aliphatic carbocycles. The van der Waals surface area contributed by atoms with Crippen LogP contribution in [0.4, 0.5) is 0 Å². The van der Waals surface area contributed by atoms with Gasteiger partial charge in [0.15, 0.2) is 6.61 Å². The van der Waals surface area contributed by atoms with Crippen molar-refractivity contribution in [2.75, 3.05) is 13.2 Å². The van der Waals surface area contributed by atoms with Crippen LogP contribution in [-0.4, -0.2) is 19.2 Å². The number of ether oxygens (including phenoxy) is 1. The van der Waals surface area contributed by atoms with Crippen LogP contribution >= 0.6 is 0 Å². The summed E-state index contributed by atoms with van der Waals surface area (Å²) in [5.74, 6) is -0.638. The van der Waals surface area contributed by atoms with E-state index in [4.69, 9.17) is 0 Å². The monoisotopic (exact) mass is 159 g/mol. The van der Waals surface area contributed by atoms with Crippen molar-refractivity contribution < 1.29 is 14.6 Å². The molecule has 0 aromatic heterocycles. The fraction of sp³-hybridized carbons (Fsp3) is 0.875. The highest BCUT2D eigenvalue weighted by Crippen LogP contribution is 1.98. The van der Waals surface area contributed by atoms with Gasteiger partial charge in [0.2, 0.25) is 0 Å². The molecule has 0 atom stereocenters. The lowest BCUT2D eigenvalue weighted by Gasteiger charge is -2.00. The maximum Gasteiger partial charge on any atom is 0.335 e. The third-order valence-corrected chi connectivity index (χ3v) is 1.38. The van der Waals surface area contributed by atoms with E-state index >= 15 is 0 Å². The molecule has 0 bridgehead atoms. The van der Waals surface area contributed by atoms with E-state index in [9.17, 15) is 9.90 Å². The predicted octanol–water partition coefficient (Wildman–Crippen LogP) is 1.54. The first-order valence-electron chi connectivity index (χ1n) is 4.05. The molecule has 0 aliphatic rings. The molecule has 0 spiro atoms. The minimum Gasteiger partial charge on any atom is -0.464 e. The van der Waals surface area contributed by atoms with Crippen molar-refractivity contribution in [2.24, 2.45) is 0 Å². The topological polar surface area (TPSA) is 46.2 Å². The van der Waals surface area contributed by atoms with E-state index in [1.54, 1.807) is 0 Å². The van der Waals surface area contributed by atoms with Gasteiger partial charge >= 0.3 is 5.97 Å². The number of carbonyl (C=O) groups is 1. The standard InChI is InChI=1S/C8H15O3/c1-2-3-4-5-6-11-8(10)7-9/h2-7H2,1H3. The summed E-state index contributed by atoms with van der Waals surface area (Å²) >= 11 is 0. The number of hydrogen-bond donors (Lipinski definition) is 0. The molecular formula is C8H15O3. The summed E-state index contributed by atoms with van der Waals surface area (Å²) in [5.41, 5.74) is 0. The lowest BCUT2D eigenvalue weighted by molar-refractivity contribution is -0.149. The summed E-state index contributed by atoms with van der Waals surface area (Å²) in [7, 11) is 0. The Morgan fingerprint density at radius 2 is 2.00 bits per heavy atom. The van der Waals surface area contributed by atoms with Crippen molar-refractivity contribution in [3.05, 3.63) is 0 Å². The lowest BCUT2D eigenvalue weighted by Crippen LogP contribution is -2.08. The molecule has 3 heteroatoms. The van der Waals surface area contributed by atoms with Gasteiger partial charge in [0.25, 0.3) is 0 Å². The van der Waals surface area contributed by atoms with E-state index in [1.807, 2.05) is 0 Å². The van der Waals surface area contributed by atoms with Crippen molar-refractivity contribution in [3.8, 4) is 0 Å². The zero-order valence-corrected chi connectivity index (χ0v) is 6.97. The second-order valence-corrected chi connectivity index (χ2v) is 2.43. The number of hydrogen-bond acceptors (Lipinski definition) is 2. The molecule has 0 saturated carbocycles. The van der Waals surface area contributed by atoms with Crippen LogP contribution in [0.3, 0.4) is 0 Å². The summed E-state index contributed by atoms with van der Waals surface area (Å²) in [4.78, 5) is 10.3. The molecule has 0 aromatic carbocycles. The highest BCUT2D eigenvalue weighted by atomic mass is 16.5. The van der Waals surface area contributed by atoms with Gasteiger partial charge in [-0.2, -0.15) is 0 Å². The van der Waals surface area contributed by atoms with Crippen LogP contribution in [0.25, 0.3) is 0 Å². The smallest absolute Gasteiger partial charge is 0.335 e. The normalized spacial score (nSPS) is 9.64. The van der Waals surface area contributed by atoms with Gasteiger partial charge < -0.3 is 4.74 Å². The molecule has 0 aromatic rings. The first-order chi connectivity index (χ1) is 5.31. The zero-order valence-electron chi connectivity index (χ0n) is 6.97. The highest BCUT2D eigenvalue weighted by molar-refractivity contribution is 5.70. The van der Waals surface area contributed by atoms with Crippen LogP contribution in [0.15, 0.2) is 0 Å². The molecular weight excluding hydrogens is 144 g/mol. The van der Waals surface area contributed by atoms with Gasteiger partial charge in [0, 0.05) is 0 Å². The Morgan fingerprint density at radius 3 is 2.55 bits per heavy atom. The van der Waals surface area contributed by atoms with Crippen molar-refractivity contribution in [3.63, 3.8) is 0 Å². The van der Waals surface area contributed by atoms with Crippen molar-refractivity contribution >= 4 is 5.97 Å². The van der Waals surface area contributed by atoms with E-state index in [0.29, 0.717) is 6.61 Å². The average Bonchev–Trinajstić information content (AvgIpc) is 2.04. The second-order valence-electron chi connectivity index (χ2n) is 2.43. The summed E-state index contributed by atoms with van der Waals surface area (Å²) in [6, 6.07) is 0. The van der Waals surface area contributed by atoms with E-state index in [2.05, 4.69) is 11.7 Å². The molecule has 1 radical (unpaired) electrons. The van der Waals surface area contributed by atoms with Gasteiger partial charge in [-0.1, -0.05) is 26.2 Å². The predicted molar refractivity (Wildman–Crippen MR) is 40.7 cm³/mol. The van der Waals surface area contributed by atoms with E-state index < -0.39 is 12.6 Å². The van der Waals surface area contributed by atoms with Gasteiger partial charge in [-0.05, 0) is 6.42 Å². The highest BCUT2D eigenvalue weighted by Gasteiger charge is 1.98. The molecule has 0 heterocycles. The first-order valence-corrected chi connectivity index (χ1v) is 4.05.